The van der Waals surface area contributed by atoms with Gasteiger partial charge in [-0.3, -0.25) is 0 Å². The maximum absolute atomic E-state index is 7.33. The molecule has 2 spiro atoms. The molecule has 422 valence electrons. The molecule has 15 aromatic carbocycles. The zero-order valence-corrected chi connectivity index (χ0v) is 49.6. The van der Waals surface area contributed by atoms with E-state index in [0.29, 0.717) is 0 Å². The minimum Gasteiger partial charge on any atom is -0.455 e. The molecule has 5 aliphatic rings. The van der Waals surface area contributed by atoms with E-state index in [-0.39, 0.29) is 0 Å². The third-order valence-electron chi connectivity index (χ3n) is 21.2. The fourth-order valence-corrected chi connectivity index (χ4v) is 17.6. The van der Waals surface area contributed by atoms with Crippen molar-refractivity contribution in [2.24, 2.45) is 0 Å². The van der Waals surface area contributed by atoms with Crippen molar-refractivity contribution in [1.29, 1.82) is 0 Å². The van der Waals surface area contributed by atoms with E-state index in [1.54, 1.807) is 0 Å². The Bertz CT molecular complexity index is 5320. The van der Waals surface area contributed by atoms with Crippen molar-refractivity contribution in [2.75, 3.05) is 4.90 Å². The minimum atomic E-state index is -0.659. The summed E-state index contributed by atoms with van der Waals surface area (Å²) in [4.78, 5) is 2.50. The molecule has 0 saturated heterocycles. The second-order valence-corrected chi connectivity index (χ2v) is 25.2. The maximum atomic E-state index is 7.33. The van der Waals surface area contributed by atoms with Crippen molar-refractivity contribution in [3.63, 3.8) is 0 Å². The summed E-state index contributed by atoms with van der Waals surface area (Å²) in [6.45, 7) is 0. The molecule has 0 bridgehead atoms. The molecule has 0 radical (unpaired) electrons. The van der Waals surface area contributed by atoms with Crippen molar-refractivity contribution in [1.82, 2.24) is 0 Å². The molecule has 91 heavy (non-hydrogen) atoms. The third-order valence-corrected chi connectivity index (χ3v) is 21.2. The quantitative estimate of drug-likeness (QED) is 0.165. The molecule has 1 heterocycles. The molecule has 15 aromatic rings. The molecule has 0 fully saturated rings. The summed E-state index contributed by atoms with van der Waals surface area (Å²) in [5.41, 5.74) is 29.3. The first kappa shape index (κ1) is 50.4. The van der Waals surface area contributed by atoms with Crippen LogP contribution in [-0.4, -0.2) is 0 Å². The summed E-state index contributed by atoms with van der Waals surface area (Å²) in [6, 6.07) is 125. The maximum Gasteiger partial charge on any atom is 0.140 e. The Morgan fingerprint density at radius 2 is 0.549 bits per heavy atom. The van der Waals surface area contributed by atoms with Gasteiger partial charge in [-0.05, 0) is 165 Å². The van der Waals surface area contributed by atoms with Gasteiger partial charge in [-0.15, -0.1) is 0 Å². The van der Waals surface area contributed by atoms with Crippen LogP contribution in [0.5, 0.6) is 11.5 Å². The van der Waals surface area contributed by atoms with Gasteiger partial charge in [0.15, 0.2) is 0 Å². The van der Waals surface area contributed by atoms with Crippen LogP contribution in [0.2, 0.25) is 0 Å². The molecule has 2 nitrogen and oxygen atoms in total. The van der Waals surface area contributed by atoms with E-state index >= 15 is 0 Å². The first-order valence-corrected chi connectivity index (χ1v) is 31.8. The van der Waals surface area contributed by atoms with Crippen molar-refractivity contribution in [3.8, 4) is 67.1 Å². The Balaban J connectivity index is 0.789. The van der Waals surface area contributed by atoms with Crippen LogP contribution in [0.15, 0.2) is 334 Å². The van der Waals surface area contributed by atoms with Gasteiger partial charge in [-0.25, -0.2) is 0 Å². The summed E-state index contributed by atoms with van der Waals surface area (Å²) >= 11 is 0. The number of fused-ring (bicyclic) bond motifs is 26. The number of anilines is 3. The van der Waals surface area contributed by atoms with Crippen LogP contribution in [0.25, 0.3) is 77.2 Å². The third kappa shape index (κ3) is 6.55. The Kier molecular flexibility index (Phi) is 10.4. The van der Waals surface area contributed by atoms with Gasteiger partial charge in [0.05, 0.1) is 16.2 Å². The van der Waals surface area contributed by atoms with Gasteiger partial charge in [0, 0.05) is 39.0 Å². The van der Waals surface area contributed by atoms with Gasteiger partial charge >= 0.3 is 0 Å². The average molecular weight is 1150 g/mol. The van der Waals surface area contributed by atoms with Crippen LogP contribution in [0.4, 0.5) is 17.1 Å². The summed E-state index contributed by atoms with van der Waals surface area (Å²) < 4.78 is 7.33. The largest absolute Gasteiger partial charge is 0.455 e. The normalized spacial score (nSPS) is 14.5. The van der Waals surface area contributed by atoms with Crippen LogP contribution in [0, 0.1) is 0 Å². The van der Waals surface area contributed by atoms with E-state index in [9.17, 15) is 0 Å². The molecule has 20 rings (SSSR count). The Hall–Kier alpha value is -11.6. The SMILES string of the molecule is c1ccc(C2(c3ccccc3)c3ccccc3-c3cc(N(c4ccc(-c5ccc6c(c5)C5(c7ccccc7-6)c6ccc7ccccc7c6Oc6c5ccc5ccccc65)cc4)c4ccc5c(c4)-c4ccccc4C54c5ccccc5-c5ccccc54)ccc32)cc1. The van der Waals surface area contributed by atoms with Crippen molar-refractivity contribution < 1.29 is 4.74 Å². The standard InChI is InChI=1S/C89H55NO/c1-3-23-60(24-4-1)87(61-25-5-2-6-26-61)75-34-16-14-32-70(75)73-54-63(46-51-80(73)87)90(64-47-52-81-74(55-64)71-33-15-20-38-79(71)88(81)76-35-17-11-29-67(76)68-30-12-18-36-77(68)88)62-44-39-56(40-45-62)59-41-48-72-69-31-13-19-37-78(69)89(84(72)53-59)82-49-42-57-21-7-9-27-65(57)85(82)91-86-66-28-10-8-22-58(66)43-50-83(86)89/h1-55H. The molecule has 0 N–H and O–H groups in total. The summed E-state index contributed by atoms with van der Waals surface area (Å²) in [6.07, 6.45) is 0. The number of rotatable bonds is 6. The average Bonchev–Trinajstić information content (AvgIpc) is 1.60. The van der Waals surface area contributed by atoms with E-state index in [0.717, 1.165) is 72.4 Å². The monoisotopic (exact) mass is 1150 g/mol. The second kappa shape index (κ2) is 18.7. The molecule has 0 saturated carbocycles. The summed E-state index contributed by atoms with van der Waals surface area (Å²) in [5, 5.41) is 4.54. The predicted octanol–water partition coefficient (Wildman–Crippen LogP) is 22.3. The molecule has 4 aliphatic carbocycles. The topological polar surface area (TPSA) is 12.5 Å². The van der Waals surface area contributed by atoms with E-state index in [1.807, 2.05) is 0 Å². The first-order valence-electron chi connectivity index (χ1n) is 31.8. The molecule has 0 atom stereocenters. The van der Waals surface area contributed by atoms with Gasteiger partial charge < -0.3 is 9.64 Å². The van der Waals surface area contributed by atoms with Crippen molar-refractivity contribution >= 4 is 38.6 Å². The van der Waals surface area contributed by atoms with Gasteiger partial charge in [0.1, 0.15) is 11.5 Å². The number of benzene rings is 15. The van der Waals surface area contributed by atoms with E-state index < -0.39 is 16.2 Å². The van der Waals surface area contributed by atoms with Crippen LogP contribution in [-0.2, 0) is 16.2 Å². The Labute approximate surface area is 528 Å². The molecular weight excluding hydrogens is 1100 g/mol. The van der Waals surface area contributed by atoms with Gasteiger partial charge in [0.25, 0.3) is 0 Å². The number of nitrogens with zero attached hydrogens (tertiary/aromatic N) is 1. The zero-order chi connectivity index (χ0) is 59.6. The number of hydrogen-bond acceptors (Lipinski definition) is 2. The van der Waals surface area contributed by atoms with Gasteiger partial charge in [-0.2, -0.15) is 0 Å². The first-order chi connectivity index (χ1) is 45.1. The van der Waals surface area contributed by atoms with Crippen LogP contribution >= 0.6 is 0 Å². The van der Waals surface area contributed by atoms with E-state index in [1.165, 1.54) is 100 Å². The lowest BCUT2D eigenvalue weighted by molar-refractivity contribution is 0.447. The van der Waals surface area contributed by atoms with Gasteiger partial charge in [-0.1, -0.05) is 291 Å². The molecule has 1 aliphatic heterocycles. The van der Waals surface area contributed by atoms with E-state index in [2.05, 4.69) is 339 Å². The predicted molar refractivity (Wildman–Crippen MR) is 373 cm³/mol. The molecule has 2 heteroatoms. The van der Waals surface area contributed by atoms with Gasteiger partial charge in [0.2, 0.25) is 0 Å². The second-order valence-electron chi connectivity index (χ2n) is 25.2. The summed E-state index contributed by atoms with van der Waals surface area (Å²) in [5.74, 6) is 1.84. The molecule has 0 amide bonds. The van der Waals surface area contributed by atoms with Crippen molar-refractivity contribution in [3.05, 3.63) is 400 Å². The smallest absolute Gasteiger partial charge is 0.140 e. The Morgan fingerprint density at radius 3 is 1.03 bits per heavy atom. The highest BCUT2D eigenvalue weighted by Crippen LogP contribution is 2.66. The zero-order valence-electron chi connectivity index (χ0n) is 49.6. The lowest BCUT2D eigenvalue weighted by atomic mass is 9.65. The minimum absolute atomic E-state index is 0.453. The van der Waals surface area contributed by atoms with Crippen LogP contribution < -0.4 is 9.64 Å². The fourth-order valence-electron chi connectivity index (χ4n) is 17.6. The Morgan fingerprint density at radius 1 is 0.209 bits per heavy atom. The highest BCUT2D eigenvalue weighted by atomic mass is 16.5. The molecule has 0 aromatic heterocycles. The highest BCUT2D eigenvalue weighted by molar-refractivity contribution is 6.02. The lowest BCUT2D eigenvalue weighted by Crippen LogP contribution is -2.32. The highest BCUT2D eigenvalue weighted by Gasteiger charge is 2.54. The number of ether oxygens (including phenoxy) is 1. The fraction of sp³-hybridized carbons (Fsp3) is 0.0337. The summed E-state index contributed by atoms with van der Waals surface area (Å²) in [7, 11) is 0. The van der Waals surface area contributed by atoms with Crippen LogP contribution in [0.1, 0.15) is 66.8 Å². The lowest BCUT2D eigenvalue weighted by Gasteiger charge is -2.40. The van der Waals surface area contributed by atoms with Crippen molar-refractivity contribution in [2.45, 2.75) is 16.2 Å². The van der Waals surface area contributed by atoms with Crippen LogP contribution in [0.3, 0.4) is 0 Å². The number of hydrogen-bond donors (Lipinski definition) is 0. The van der Waals surface area contributed by atoms with E-state index in [4.69, 9.17) is 4.74 Å². The molecule has 0 unspecified atom stereocenters. The molecular formula is C89H55NO.